The first-order chi connectivity index (χ1) is 16.4. The molecule has 0 bridgehead atoms. The van der Waals surface area contributed by atoms with E-state index in [1.165, 1.54) is 12.0 Å². The highest BCUT2D eigenvalue weighted by Crippen LogP contribution is 2.65. The van der Waals surface area contributed by atoms with Crippen molar-refractivity contribution >= 4 is 11.7 Å². The first-order valence-electron chi connectivity index (χ1n) is 13.1. The molecule has 6 rings (SSSR count). The summed E-state index contributed by atoms with van der Waals surface area (Å²) in [6.07, 6.45) is 10.6. The molecule has 1 N–H and O–H groups in total. The second kappa shape index (κ2) is 7.93. The zero-order chi connectivity index (χ0) is 23.5. The van der Waals surface area contributed by atoms with Crippen molar-refractivity contribution < 1.29 is 9.59 Å². The predicted molar refractivity (Wildman–Crippen MR) is 135 cm³/mol. The maximum absolute atomic E-state index is 13.8. The van der Waals surface area contributed by atoms with Crippen molar-refractivity contribution in [1.82, 2.24) is 5.32 Å². The summed E-state index contributed by atoms with van der Waals surface area (Å²) in [6.45, 7) is 4.77. The summed E-state index contributed by atoms with van der Waals surface area (Å²) in [5.41, 5.74) is 3.34. The van der Waals surface area contributed by atoms with Gasteiger partial charge in [0.15, 0.2) is 5.78 Å². The average Bonchev–Trinajstić information content (AvgIpc) is 3.22. The molecule has 34 heavy (non-hydrogen) atoms. The van der Waals surface area contributed by atoms with Gasteiger partial charge in [0.1, 0.15) is 0 Å². The van der Waals surface area contributed by atoms with Crippen LogP contribution < -0.4 is 5.32 Å². The molecular formula is C31H35NO2. The van der Waals surface area contributed by atoms with Crippen LogP contribution in [0.25, 0.3) is 11.1 Å². The SMILES string of the molecule is C[C@]12C=CC(=O)N[C@@H]1CC[C@@H]1[C@@H]2CC[C@]2(C)[C@@H](C(=O)c3ccc(-c4ccccc4)cc3)CC[C@@H]12. The molecule has 0 unspecified atom stereocenters. The van der Waals surface area contributed by atoms with Crippen LogP contribution in [0.3, 0.4) is 0 Å². The van der Waals surface area contributed by atoms with Gasteiger partial charge in [-0.2, -0.15) is 0 Å². The number of hydrogen-bond acceptors (Lipinski definition) is 2. The fourth-order valence-electron chi connectivity index (χ4n) is 8.42. The number of benzene rings is 2. The summed E-state index contributed by atoms with van der Waals surface area (Å²) in [5, 5.41) is 3.25. The van der Waals surface area contributed by atoms with Crippen molar-refractivity contribution in [1.29, 1.82) is 0 Å². The molecule has 1 heterocycles. The second-order valence-corrected chi connectivity index (χ2v) is 11.7. The van der Waals surface area contributed by atoms with Crippen LogP contribution in [0.1, 0.15) is 62.7 Å². The molecule has 3 nitrogen and oxygen atoms in total. The van der Waals surface area contributed by atoms with Crippen molar-refractivity contribution in [3.8, 4) is 11.1 Å². The molecule has 0 saturated heterocycles. The number of nitrogens with one attached hydrogen (secondary N) is 1. The van der Waals surface area contributed by atoms with E-state index in [0.29, 0.717) is 23.5 Å². The minimum Gasteiger partial charge on any atom is -0.349 e. The molecule has 0 radical (unpaired) electrons. The van der Waals surface area contributed by atoms with Gasteiger partial charge in [0, 0.05) is 22.9 Å². The van der Waals surface area contributed by atoms with Crippen molar-refractivity contribution in [3.05, 3.63) is 72.3 Å². The standard InChI is InChI=1S/C31H35NO2/c1-30-18-16-25-23(12-15-27-31(25,2)19-17-28(33)32-27)24(30)13-14-26(30)29(34)22-10-8-21(9-11-22)20-6-4-3-5-7-20/h3-11,17,19,23-27H,12-16,18H2,1-2H3,(H,32,33)/t23-,24-,25-,26+,27+,30-,31+/m0/s1. The van der Waals surface area contributed by atoms with Gasteiger partial charge < -0.3 is 5.32 Å². The largest absolute Gasteiger partial charge is 0.349 e. The fourth-order valence-corrected chi connectivity index (χ4v) is 8.42. The van der Waals surface area contributed by atoms with Gasteiger partial charge in [-0.05, 0) is 78.9 Å². The molecule has 0 aromatic heterocycles. The van der Waals surface area contributed by atoms with Crippen molar-refractivity contribution in [3.63, 3.8) is 0 Å². The first-order valence-corrected chi connectivity index (χ1v) is 13.1. The molecule has 1 aliphatic heterocycles. The lowest BCUT2D eigenvalue weighted by atomic mass is 9.47. The molecule has 3 heteroatoms. The van der Waals surface area contributed by atoms with E-state index >= 15 is 0 Å². The third kappa shape index (κ3) is 3.23. The molecule has 1 amide bonds. The number of fused-ring (bicyclic) bond motifs is 5. The Kier molecular flexibility index (Phi) is 5.09. The van der Waals surface area contributed by atoms with E-state index < -0.39 is 0 Å². The Hall–Kier alpha value is -2.68. The quantitative estimate of drug-likeness (QED) is 0.543. The van der Waals surface area contributed by atoms with E-state index in [2.05, 4.69) is 61.6 Å². The van der Waals surface area contributed by atoms with Crippen molar-refractivity contribution in [2.24, 2.45) is 34.5 Å². The Morgan fingerprint density at radius 1 is 0.853 bits per heavy atom. The maximum atomic E-state index is 13.8. The van der Waals surface area contributed by atoms with Gasteiger partial charge in [-0.1, -0.05) is 74.5 Å². The normalized spacial score (nSPS) is 38.4. The molecule has 176 valence electrons. The highest BCUT2D eigenvalue weighted by Gasteiger charge is 2.60. The van der Waals surface area contributed by atoms with Crippen LogP contribution in [-0.2, 0) is 4.79 Å². The number of carbonyl (C=O) groups excluding carboxylic acids is 2. The monoisotopic (exact) mass is 453 g/mol. The third-order valence-corrected chi connectivity index (χ3v) is 10.3. The second-order valence-electron chi connectivity index (χ2n) is 11.7. The van der Waals surface area contributed by atoms with E-state index in [9.17, 15) is 9.59 Å². The van der Waals surface area contributed by atoms with Gasteiger partial charge >= 0.3 is 0 Å². The lowest BCUT2D eigenvalue weighted by Gasteiger charge is -2.58. The van der Waals surface area contributed by atoms with Crippen LogP contribution in [0.4, 0.5) is 0 Å². The molecule has 3 saturated carbocycles. The molecule has 4 aliphatic rings. The Morgan fingerprint density at radius 3 is 2.35 bits per heavy atom. The summed E-state index contributed by atoms with van der Waals surface area (Å²) in [5.74, 6) is 2.37. The number of carbonyl (C=O) groups is 2. The Bertz CT molecular complexity index is 1140. The summed E-state index contributed by atoms with van der Waals surface area (Å²) in [6, 6.07) is 18.9. The Morgan fingerprint density at radius 2 is 1.59 bits per heavy atom. The molecular weight excluding hydrogens is 418 g/mol. The number of Topliss-reactive ketones (excluding diaryl/α,β-unsaturated/α-hetero) is 1. The molecule has 2 aromatic carbocycles. The summed E-state index contributed by atoms with van der Waals surface area (Å²) >= 11 is 0. The lowest BCUT2D eigenvalue weighted by Crippen LogP contribution is -2.59. The van der Waals surface area contributed by atoms with E-state index in [4.69, 9.17) is 0 Å². The number of rotatable bonds is 3. The van der Waals surface area contributed by atoms with Crippen molar-refractivity contribution in [2.45, 2.75) is 58.4 Å². The summed E-state index contributed by atoms with van der Waals surface area (Å²) in [7, 11) is 0. The van der Waals surface area contributed by atoms with Crippen LogP contribution in [-0.4, -0.2) is 17.7 Å². The first kappa shape index (κ1) is 21.8. The minimum atomic E-state index is 0.0491. The van der Waals surface area contributed by atoms with Crippen LogP contribution in [0.15, 0.2) is 66.7 Å². The predicted octanol–water partition coefficient (Wildman–Crippen LogP) is 6.45. The van der Waals surface area contributed by atoms with E-state index in [1.54, 1.807) is 6.08 Å². The number of amides is 1. The van der Waals surface area contributed by atoms with Gasteiger partial charge in [0.25, 0.3) is 0 Å². The summed E-state index contributed by atoms with van der Waals surface area (Å²) < 4.78 is 0. The van der Waals surface area contributed by atoms with Crippen LogP contribution in [0, 0.1) is 34.5 Å². The van der Waals surface area contributed by atoms with E-state index in [0.717, 1.165) is 43.2 Å². The lowest BCUT2D eigenvalue weighted by molar-refractivity contribution is -0.122. The highest BCUT2D eigenvalue weighted by atomic mass is 16.1. The smallest absolute Gasteiger partial charge is 0.243 e. The molecule has 0 spiro atoms. The van der Waals surface area contributed by atoms with Crippen LogP contribution in [0.2, 0.25) is 0 Å². The Balaban J connectivity index is 1.24. The molecule has 3 fully saturated rings. The van der Waals surface area contributed by atoms with Gasteiger partial charge in [-0.3, -0.25) is 9.59 Å². The topological polar surface area (TPSA) is 46.2 Å². The van der Waals surface area contributed by atoms with E-state index in [1.807, 2.05) is 18.2 Å². The van der Waals surface area contributed by atoms with Gasteiger partial charge in [0.2, 0.25) is 5.91 Å². The van der Waals surface area contributed by atoms with E-state index in [-0.39, 0.29) is 28.7 Å². The molecule has 2 aromatic rings. The molecule has 3 aliphatic carbocycles. The Labute approximate surface area is 203 Å². The van der Waals surface area contributed by atoms with Gasteiger partial charge in [0.05, 0.1) is 0 Å². The summed E-state index contributed by atoms with van der Waals surface area (Å²) in [4.78, 5) is 25.8. The van der Waals surface area contributed by atoms with Crippen LogP contribution in [0.5, 0.6) is 0 Å². The molecule has 7 atom stereocenters. The maximum Gasteiger partial charge on any atom is 0.243 e. The zero-order valence-corrected chi connectivity index (χ0v) is 20.3. The highest BCUT2D eigenvalue weighted by molar-refractivity contribution is 5.99. The zero-order valence-electron chi connectivity index (χ0n) is 20.3. The number of hydrogen-bond donors (Lipinski definition) is 1. The van der Waals surface area contributed by atoms with Crippen LogP contribution >= 0.6 is 0 Å². The van der Waals surface area contributed by atoms with Crippen molar-refractivity contribution in [2.75, 3.05) is 0 Å². The average molecular weight is 454 g/mol. The minimum absolute atomic E-state index is 0.0491. The fraction of sp³-hybridized carbons (Fsp3) is 0.484. The van der Waals surface area contributed by atoms with Gasteiger partial charge in [-0.25, -0.2) is 0 Å². The third-order valence-electron chi connectivity index (χ3n) is 10.3. The van der Waals surface area contributed by atoms with Gasteiger partial charge in [-0.15, -0.1) is 0 Å². The number of ketones is 1.